The first-order chi connectivity index (χ1) is 17.5. The number of carbonyl (C=O) groups is 2. The van der Waals surface area contributed by atoms with Crippen LogP contribution in [0.25, 0.3) is 0 Å². The summed E-state index contributed by atoms with van der Waals surface area (Å²) in [4.78, 5) is 39.7. The zero-order valence-electron chi connectivity index (χ0n) is 20.9. The van der Waals surface area contributed by atoms with Crippen LogP contribution in [0.4, 0.5) is 5.82 Å². The average molecular weight is 519 g/mol. The minimum atomic E-state index is -0.218. The first-order valence-electron chi connectivity index (χ1n) is 12.2. The number of hydrogen-bond donors (Lipinski definition) is 1. The van der Waals surface area contributed by atoms with Crippen LogP contribution in [-0.4, -0.2) is 104 Å². The van der Waals surface area contributed by atoms with Crippen LogP contribution in [0.5, 0.6) is 0 Å². The molecule has 36 heavy (non-hydrogen) atoms. The van der Waals surface area contributed by atoms with Crippen molar-refractivity contribution in [3.8, 4) is 0 Å². The fourth-order valence-electron chi connectivity index (χ4n) is 4.11. The standard InChI is InChI=1S/C24H34N6O5S/c1-18(31)29-7-9-30(10-8-29)22-15-19(16-33-2)26-24(27-22)36-17-20-3-4-21(35-20)23(32)25-5-6-28-11-13-34-14-12-28/h3-4,15H,5-14,16-17H2,1-2H3,(H,25,32). The van der Waals surface area contributed by atoms with E-state index >= 15 is 0 Å². The normalized spacial score (nSPS) is 16.8. The highest BCUT2D eigenvalue weighted by molar-refractivity contribution is 7.98. The lowest BCUT2D eigenvalue weighted by atomic mass is 10.3. The lowest BCUT2D eigenvalue weighted by Gasteiger charge is -2.35. The van der Waals surface area contributed by atoms with Gasteiger partial charge in [0.2, 0.25) is 5.91 Å². The molecule has 0 spiro atoms. The molecule has 4 rings (SSSR count). The number of nitrogens with one attached hydrogen (secondary N) is 1. The molecule has 2 aliphatic rings. The second-order valence-electron chi connectivity index (χ2n) is 8.69. The number of hydrogen-bond acceptors (Lipinski definition) is 10. The quantitative estimate of drug-likeness (QED) is 0.364. The first-order valence-corrected chi connectivity index (χ1v) is 13.2. The number of amides is 2. The third-order valence-electron chi connectivity index (χ3n) is 6.13. The van der Waals surface area contributed by atoms with Gasteiger partial charge in [-0.25, -0.2) is 9.97 Å². The van der Waals surface area contributed by atoms with E-state index in [1.807, 2.05) is 17.0 Å². The van der Waals surface area contributed by atoms with Crippen LogP contribution in [-0.2, 0) is 26.6 Å². The molecule has 0 unspecified atom stereocenters. The minimum absolute atomic E-state index is 0.0947. The van der Waals surface area contributed by atoms with Crippen molar-refractivity contribution in [2.24, 2.45) is 0 Å². The van der Waals surface area contributed by atoms with Gasteiger partial charge in [0, 0.05) is 72.5 Å². The molecule has 0 saturated carbocycles. The SMILES string of the molecule is COCc1cc(N2CCN(C(C)=O)CC2)nc(SCc2ccc(C(=O)NCCN3CCOCC3)o2)n1. The lowest BCUT2D eigenvalue weighted by molar-refractivity contribution is -0.129. The van der Waals surface area contributed by atoms with E-state index in [-0.39, 0.29) is 11.8 Å². The Morgan fingerprint density at radius 3 is 2.61 bits per heavy atom. The monoisotopic (exact) mass is 518 g/mol. The highest BCUT2D eigenvalue weighted by Gasteiger charge is 2.21. The smallest absolute Gasteiger partial charge is 0.287 e. The van der Waals surface area contributed by atoms with Crippen LogP contribution >= 0.6 is 11.8 Å². The number of furan rings is 1. The van der Waals surface area contributed by atoms with Gasteiger partial charge in [0.15, 0.2) is 10.9 Å². The van der Waals surface area contributed by atoms with Crippen molar-refractivity contribution in [3.05, 3.63) is 35.4 Å². The first kappa shape index (κ1) is 26.4. The molecule has 2 aromatic rings. The number of rotatable bonds is 10. The zero-order valence-corrected chi connectivity index (χ0v) is 21.7. The maximum absolute atomic E-state index is 12.5. The van der Waals surface area contributed by atoms with Crippen molar-refractivity contribution in [1.29, 1.82) is 0 Å². The summed E-state index contributed by atoms with van der Waals surface area (Å²) >= 11 is 1.45. The van der Waals surface area contributed by atoms with Gasteiger partial charge in [0.25, 0.3) is 5.91 Å². The molecule has 2 amide bonds. The van der Waals surface area contributed by atoms with E-state index in [1.54, 1.807) is 20.1 Å². The van der Waals surface area contributed by atoms with E-state index in [0.29, 0.717) is 48.7 Å². The summed E-state index contributed by atoms with van der Waals surface area (Å²) in [6.07, 6.45) is 0. The molecule has 0 atom stereocenters. The molecule has 2 fully saturated rings. The molecule has 0 aromatic carbocycles. The second kappa shape index (κ2) is 13.0. The van der Waals surface area contributed by atoms with Crippen LogP contribution < -0.4 is 10.2 Å². The number of anilines is 1. The number of piperazine rings is 1. The fourth-order valence-corrected chi connectivity index (χ4v) is 4.88. The van der Waals surface area contributed by atoms with Gasteiger partial charge in [0.1, 0.15) is 11.6 Å². The van der Waals surface area contributed by atoms with Gasteiger partial charge in [0.05, 0.1) is 31.3 Å². The molecule has 0 bridgehead atoms. The van der Waals surface area contributed by atoms with Gasteiger partial charge >= 0.3 is 0 Å². The van der Waals surface area contributed by atoms with Crippen molar-refractivity contribution < 1.29 is 23.5 Å². The number of thioether (sulfide) groups is 1. The van der Waals surface area contributed by atoms with Crippen molar-refractivity contribution in [3.63, 3.8) is 0 Å². The topological polar surface area (TPSA) is 113 Å². The number of nitrogens with zero attached hydrogens (tertiary/aromatic N) is 5. The molecule has 11 nitrogen and oxygen atoms in total. The number of aromatic nitrogens is 2. The van der Waals surface area contributed by atoms with E-state index < -0.39 is 0 Å². The predicted octanol–water partition coefficient (Wildman–Crippen LogP) is 1.24. The lowest BCUT2D eigenvalue weighted by Crippen LogP contribution is -2.48. The largest absolute Gasteiger partial charge is 0.455 e. The van der Waals surface area contributed by atoms with E-state index in [0.717, 1.165) is 57.4 Å². The Balaban J connectivity index is 1.31. The summed E-state index contributed by atoms with van der Waals surface area (Å²) in [5.41, 5.74) is 0.791. The molecular weight excluding hydrogens is 484 g/mol. The van der Waals surface area contributed by atoms with Crippen molar-refractivity contribution in [1.82, 2.24) is 25.1 Å². The summed E-state index contributed by atoms with van der Waals surface area (Å²) in [7, 11) is 1.64. The Morgan fingerprint density at radius 2 is 1.89 bits per heavy atom. The van der Waals surface area contributed by atoms with Gasteiger partial charge in [-0.05, 0) is 12.1 Å². The number of carbonyl (C=O) groups excluding carboxylic acids is 2. The van der Waals surface area contributed by atoms with Gasteiger partial charge in [-0.3, -0.25) is 14.5 Å². The van der Waals surface area contributed by atoms with Crippen LogP contribution in [0.1, 0.15) is 28.9 Å². The molecule has 0 radical (unpaired) electrons. The number of methoxy groups -OCH3 is 1. The second-order valence-corrected chi connectivity index (χ2v) is 9.63. The maximum Gasteiger partial charge on any atom is 0.287 e. The van der Waals surface area contributed by atoms with E-state index in [9.17, 15) is 9.59 Å². The minimum Gasteiger partial charge on any atom is -0.455 e. The van der Waals surface area contributed by atoms with Crippen LogP contribution in [0.2, 0.25) is 0 Å². The summed E-state index contributed by atoms with van der Waals surface area (Å²) in [6.45, 7) is 9.37. The number of ether oxygens (including phenoxy) is 2. The van der Waals surface area contributed by atoms with Crippen LogP contribution in [0.15, 0.2) is 27.8 Å². The Kier molecular flexibility index (Phi) is 9.56. The number of morpholine rings is 1. The Hall–Kier alpha value is -2.67. The highest BCUT2D eigenvalue weighted by atomic mass is 32.2. The van der Waals surface area contributed by atoms with E-state index in [4.69, 9.17) is 18.9 Å². The zero-order chi connectivity index (χ0) is 25.3. The van der Waals surface area contributed by atoms with Gasteiger partial charge < -0.3 is 29.0 Å². The van der Waals surface area contributed by atoms with Crippen molar-refractivity contribution in [2.75, 3.05) is 77.6 Å². The molecule has 2 saturated heterocycles. The van der Waals surface area contributed by atoms with E-state index in [2.05, 4.69) is 20.1 Å². The Labute approximate surface area is 215 Å². The molecule has 1 N–H and O–H groups in total. The average Bonchev–Trinajstić information content (AvgIpc) is 3.37. The van der Waals surface area contributed by atoms with Crippen molar-refractivity contribution in [2.45, 2.75) is 24.4 Å². The molecule has 2 aliphatic heterocycles. The molecule has 2 aromatic heterocycles. The molecular formula is C24H34N6O5S. The molecule has 4 heterocycles. The van der Waals surface area contributed by atoms with E-state index in [1.165, 1.54) is 11.8 Å². The summed E-state index contributed by atoms with van der Waals surface area (Å²) in [6, 6.07) is 5.44. The van der Waals surface area contributed by atoms with Gasteiger partial charge in [-0.2, -0.15) is 0 Å². The third kappa shape index (κ3) is 7.42. The van der Waals surface area contributed by atoms with Gasteiger partial charge in [-0.15, -0.1) is 0 Å². The van der Waals surface area contributed by atoms with Crippen molar-refractivity contribution >= 4 is 29.4 Å². The van der Waals surface area contributed by atoms with Gasteiger partial charge in [-0.1, -0.05) is 11.8 Å². The Morgan fingerprint density at radius 1 is 1.11 bits per heavy atom. The highest BCUT2D eigenvalue weighted by Crippen LogP contribution is 2.25. The predicted molar refractivity (Wildman–Crippen MR) is 135 cm³/mol. The van der Waals surface area contributed by atoms with Crippen LogP contribution in [0, 0.1) is 0 Å². The fraction of sp³-hybridized carbons (Fsp3) is 0.583. The Bertz CT molecular complexity index is 1020. The summed E-state index contributed by atoms with van der Waals surface area (Å²) in [5, 5.41) is 3.53. The summed E-state index contributed by atoms with van der Waals surface area (Å²) < 4.78 is 16.4. The maximum atomic E-state index is 12.5. The van der Waals surface area contributed by atoms with Crippen LogP contribution in [0.3, 0.4) is 0 Å². The molecule has 0 aliphatic carbocycles. The molecule has 12 heteroatoms. The summed E-state index contributed by atoms with van der Waals surface area (Å²) in [5.74, 6) is 2.17. The molecule has 196 valence electrons. The third-order valence-corrected chi connectivity index (χ3v) is 7.00.